The van der Waals surface area contributed by atoms with E-state index in [4.69, 9.17) is 9.26 Å². The molecule has 22 heavy (non-hydrogen) atoms. The summed E-state index contributed by atoms with van der Waals surface area (Å²) in [6.07, 6.45) is 0. The molecule has 0 aliphatic carbocycles. The lowest BCUT2D eigenvalue weighted by Gasteiger charge is -2.17. The van der Waals surface area contributed by atoms with Crippen molar-refractivity contribution in [2.24, 2.45) is 0 Å². The van der Waals surface area contributed by atoms with E-state index in [2.05, 4.69) is 28.5 Å². The van der Waals surface area contributed by atoms with E-state index in [9.17, 15) is 4.39 Å². The van der Waals surface area contributed by atoms with Crippen molar-refractivity contribution in [3.05, 3.63) is 53.9 Å². The van der Waals surface area contributed by atoms with Gasteiger partial charge in [0.05, 0.1) is 6.54 Å². The van der Waals surface area contributed by atoms with E-state index in [-0.39, 0.29) is 12.4 Å². The lowest BCUT2D eigenvalue weighted by molar-refractivity contribution is 0.249. The molecular weight excluding hydrogens is 285 g/mol. The molecule has 0 saturated heterocycles. The zero-order valence-electron chi connectivity index (χ0n) is 12.9. The van der Waals surface area contributed by atoms with Crippen LogP contribution in [0.15, 0.2) is 40.9 Å². The average molecular weight is 305 g/mol. The van der Waals surface area contributed by atoms with E-state index < -0.39 is 0 Å². The summed E-state index contributed by atoms with van der Waals surface area (Å²) >= 11 is 0. The molecule has 0 spiro atoms. The molecule has 1 aromatic heterocycles. The minimum Gasteiger partial charge on any atom is -0.485 e. The minimum absolute atomic E-state index is 0.182. The first-order chi connectivity index (χ1) is 10.6. The van der Waals surface area contributed by atoms with Crippen molar-refractivity contribution >= 4 is 0 Å². The Morgan fingerprint density at radius 1 is 1.36 bits per heavy atom. The zero-order chi connectivity index (χ0) is 15.9. The van der Waals surface area contributed by atoms with E-state index in [1.165, 1.54) is 12.1 Å². The Hall–Kier alpha value is -2.21. The molecule has 0 bridgehead atoms. The van der Waals surface area contributed by atoms with Gasteiger partial charge < -0.3 is 9.26 Å². The molecule has 2 rings (SSSR count). The largest absolute Gasteiger partial charge is 0.485 e. The molecule has 0 saturated carbocycles. The molecule has 0 fully saturated rings. The highest BCUT2D eigenvalue weighted by molar-refractivity contribution is 5.22. The van der Waals surface area contributed by atoms with Crippen LogP contribution in [0.5, 0.6) is 5.75 Å². The minimum atomic E-state index is -0.300. The maximum absolute atomic E-state index is 12.8. The Balaban J connectivity index is 1.88. The topological polar surface area (TPSA) is 51.4 Å². The second kappa shape index (κ2) is 7.70. The van der Waals surface area contributed by atoms with Crippen molar-refractivity contribution in [3.8, 4) is 5.75 Å². The third kappa shape index (κ3) is 4.96. The molecule has 5 nitrogen and oxygen atoms in total. The van der Waals surface area contributed by atoms with Crippen molar-refractivity contribution in [3.63, 3.8) is 0 Å². The van der Waals surface area contributed by atoms with Gasteiger partial charge in [-0.3, -0.25) is 4.90 Å². The Morgan fingerprint density at radius 2 is 2.09 bits per heavy atom. The summed E-state index contributed by atoms with van der Waals surface area (Å²) in [6, 6.07) is 5.80. The van der Waals surface area contributed by atoms with Crippen LogP contribution in [0.3, 0.4) is 0 Å². The van der Waals surface area contributed by atoms with Crippen LogP contribution in [0.4, 0.5) is 4.39 Å². The van der Waals surface area contributed by atoms with Crippen molar-refractivity contribution in [1.82, 2.24) is 15.0 Å². The summed E-state index contributed by atoms with van der Waals surface area (Å²) < 4.78 is 23.5. The quantitative estimate of drug-likeness (QED) is 0.701. The molecule has 0 aliphatic rings. The lowest BCUT2D eigenvalue weighted by atomic mass is 10.3. The van der Waals surface area contributed by atoms with Gasteiger partial charge in [0.1, 0.15) is 11.6 Å². The number of hydrogen-bond acceptors (Lipinski definition) is 5. The number of nitrogens with zero attached hydrogens (tertiary/aromatic N) is 3. The molecule has 1 heterocycles. The summed E-state index contributed by atoms with van der Waals surface area (Å²) in [5, 5.41) is 3.88. The molecule has 0 unspecified atom stereocenters. The molecule has 0 amide bonds. The number of rotatable bonds is 8. The van der Waals surface area contributed by atoms with Crippen LogP contribution in [0, 0.1) is 5.82 Å². The second-order valence-electron chi connectivity index (χ2n) is 5.11. The van der Waals surface area contributed by atoms with Gasteiger partial charge in [-0.05, 0) is 37.7 Å². The lowest BCUT2D eigenvalue weighted by Crippen LogP contribution is -2.24. The summed E-state index contributed by atoms with van der Waals surface area (Å²) in [5.74, 6) is 1.27. The van der Waals surface area contributed by atoms with Gasteiger partial charge in [-0.1, -0.05) is 24.2 Å². The SMILES string of the molecule is C=C(C)CN(CC)Cc1nc(COc2ccc(F)cc2)no1. The number of likely N-dealkylation sites (N-methyl/N-ethyl adjacent to an activating group) is 1. The number of aromatic nitrogens is 2. The average Bonchev–Trinajstić information content (AvgIpc) is 2.93. The van der Waals surface area contributed by atoms with E-state index >= 15 is 0 Å². The van der Waals surface area contributed by atoms with Crippen LogP contribution < -0.4 is 4.74 Å². The predicted molar refractivity (Wildman–Crippen MR) is 80.8 cm³/mol. The predicted octanol–water partition coefficient (Wildman–Crippen LogP) is 3.19. The first-order valence-corrected chi connectivity index (χ1v) is 7.13. The Bertz CT molecular complexity index is 610. The molecule has 0 radical (unpaired) electrons. The van der Waals surface area contributed by atoms with Gasteiger partial charge in [0.25, 0.3) is 0 Å². The van der Waals surface area contributed by atoms with Gasteiger partial charge in [0.15, 0.2) is 6.61 Å². The van der Waals surface area contributed by atoms with Gasteiger partial charge in [0, 0.05) is 6.54 Å². The van der Waals surface area contributed by atoms with Crippen LogP contribution >= 0.6 is 0 Å². The fourth-order valence-corrected chi connectivity index (χ4v) is 1.94. The molecule has 118 valence electrons. The molecule has 0 N–H and O–H groups in total. The molecule has 0 aliphatic heterocycles. The van der Waals surface area contributed by atoms with E-state index in [1.807, 2.05) is 6.92 Å². The molecule has 6 heteroatoms. The number of ether oxygens (including phenoxy) is 1. The molecule has 1 aromatic carbocycles. The van der Waals surface area contributed by atoms with Crippen LogP contribution in [-0.4, -0.2) is 28.1 Å². The molecule has 2 aromatic rings. The highest BCUT2D eigenvalue weighted by Gasteiger charge is 2.11. The fraction of sp³-hybridized carbons (Fsp3) is 0.375. The van der Waals surface area contributed by atoms with Crippen molar-refractivity contribution in [2.45, 2.75) is 27.0 Å². The van der Waals surface area contributed by atoms with Gasteiger partial charge in [-0.25, -0.2) is 4.39 Å². The molecular formula is C16H20FN3O2. The fourth-order valence-electron chi connectivity index (χ4n) is 1.94. The van der Waals surface area contributed by atoms with Gasteiger partial charge in [0.2, 0.25) is 11.7 Å². The third-order valence-electron chi connectivity index (χ3n) is 2.99. The van der Waals surface area contributed by atoms with Crippen LogP contribution in [0.25, 0.3) is 0 Å². The normalized spacial score (nSPS) is 10.9. The van der Waals surface area contributed by atoms with Crippen LogP contribution in [0.2, 0.25) is 0 Å². The molecule has 0 atom stereocenters. The second-order valence-corrected chi connectivity index (χ2v) is 5.11. The Morgan fingerprint density at radius 3 is 2.73 bits per heavy atom. The summed E-state index contributed by atoms with van der Waals surface area (Å²) in [4.78, 5) is 6.44. The number of hydrogen-bond donors (Lipinski definition) is 0. The Kier molecular flexibility index (Phi) is 5.66. The maximum Gasteiger partial charge on any atom is 0.240 e. The van der Waals surface area contributed by atoms with E-state index in [0.717, 1.165) is 18.7 Å². The summed E-state index contributed by atoms with van der Waals surface area (Å²) in [7, 11) is 0. The van der Waals surface area contributed by atoms with Crippen LogP contribution in [0.1, 0.15) is 25.6 Å². The highest BCUT2D eigenvalue weighted by Crippen LogP contribution is 2.13. The third-order valence-corrected chi connectivity index (χ3v) is 2.99. The van der Waals surface area contributed by atoms with E-state index in [1.54, 1.807) is 12.1 Å². The van der Waals surface area contributed by atoms with Crippen LogP contribution in [-0.2, 0) is 13.2 Å². The standard InChI is InChI=1S/C16H20FN3O2/c1-4-20(9-12(2)3)10-16-18-15(19-22-16)11-21-14-7-5-13(17)6-8-14/h5-8H,2,4,9-11H2,1,3H3. The monoisotopic (exact) mass is 305 g/mol. The Labute approximate surface area is 129 Å². The van der Waals surface area contributed by atoms with E-state index in [0.29, 0.717) is 24.0 Å². The zero-order valence-corrected chi connectivity index (χ0v) is 12.9. The van der Waals surface area contributed by atoms with Gasteiger partial charge in [-0.2, -0.15) is 4.98 Å². The van der Waals surface area contributed by atoms with Crippen molar-refractivity contribution in [1.29, 1.82) is 0 Å². The van der Waals surface area contributed by atoms with Gasteiger partial charge in [-0.15, -0.1) is 0 Å². The van der Waals surface area contributed by atoms with Crippen molar-refractivity contribution < 1.29 is 13.7 Å². The first-order valence-electron chi connectivity index (χ1n) is 7.13. The number of benzene rings is 1. The smallest absolute Gasteiger partial charge is 0.240 e. The summed E-state index contributed by atoms with van der Waals surface area (Å²) in [5.41, 5.74) is 1.08. The first kappa shape index (κ1) is 16.2. The van der Waals surface area contributed by atoms with Gasteiger partial charge >= 0.3 is 0 Å². The van der Waals surface area contributed by atoms with Crippen molar-refractivity contribution in [2.75, 3.05) is 13.1 Å². The number of halogens is 1. The summed E-state index contributed by atoms with van der Waals surface area (Å²) in [6.45, 7) is 10.4. The maximum atomic E-state index is 12.8. The highest BCUT2D eigenvalue weighted by atomic mass is 19.1.